The maximum atomic E-state index is 13.7. The molecule has 2 aromatic rings. The van der Waals surface area contributed by atoms with Crippen LogP contribution in [0.15, 0.2) is 42.5 Å². The van der Waals surface area contributed by atoms with Crippen LogP contribution in [0.5, 0.6) is 0 Å². The first-order chi connectivity index (χ1) is 13.0. The van der Waals surface area contributed by atoms with Crippen LogP contribution in [-0.4, -0.2) is 36.2 Å². The van der Waals surface area contributed by atoms with Gasteiger partial charge in [0.05, 0.1) is 11.6 Å². The lowest BCUT2D eigenvalue weighted by molar-refractivity contribution is -0.134. The Labute approximate surface area is 161 Å². The highest BCUT2D eigenvalue weighted by Crippen LogP contribution is 2.25. The van der Waals surface area contributed by atoms with E-state index in [-0.39, 0.29) is 30.4 Å². The van der Waals surface area contributed by atoms with Crippen molar-refractivity contribution in [3.63, 3.8) is 0 Å². The van der Waals surface area contributed by atoms with Crippen LogP contribution in [0.4, 0.5) is 8.78 Å². The summed E-state index contributed by atoms with van der Waals surface area (Å²) in [7, 11) is 0. The zero-order valence-electron chi connectivity index (χ0n) is 14.6. The molecule has 1 amide bonds. The Bertz CT molecular complexity index is 860. The fourth-order valence-electron chi connectivity index (χ4n) is 3.23. The Hall–Kier alpha value is -2.31. The Kier molecular flexibility index (Phi) is 6.19. The van der Waals surface area contributed by atoms with Crippen molar-refractivity contribution in [1.29, 1.82) is 0 Å². The minimum Gasteiger partial charge on any atom is -0.333 e. The Morgan fingerprint density at radius 1 is 1.15 bits per heavy atom. The third-order valence-corrected chi connectivity index (χ3v) is 4.83. The summed E-state index contributed by atoms with van der Waals surface area (Å²) in [4.78, 5) is 26.6. The lowest BCUT2D eigenvalue weighted by atomic mass is 10.0. The van der Waals surface area contributed by atoms with E-state index in [0.29, 0.717) is 30.7 Å². The van der Waals surface area contributed by atoms with Crippen LogP contribution in [0.25, 0.3) is 0 Å². The normalized spacial score (nSPS) is 17.0. The number of nitrogens with one attached hydrogen (secondary N) is 1. The van der Waals surface area contributed by atoms with E-state index < -0.39 is 17.4 Å². The Balaban J connectivity index is 1.67. The summed E-state index contributed by atoms with van der Waals surface area (Å²) in [5.74, 6) is -2.36. The van der Waals surface area contributed by atoms with Gasteiger partial charge in [-0.15, -0.1) is 0 Å². The van der Waals surface area contributed by atoms with Crippen molar-refractivity contribution < 1.29 is 18.4 Å². The monoisotopic (exact) mass is 392 g/mol. The van der Waals surface area contributed by atoms with Crippen LogP contribution < -0.4 is 5.32 Å². The quantitative estimate of drug-likeness (QED) is 0.788. The van der Waals surface area contributed by atoms with Gasteiger partial charge >= 0.3 is 0 Å². The predicted octanol–water partition coefficient (Wildman–Crippen LogP) is 3.75. The highest BCUT2D eigenvalue weighted by Gasteiger charge is 2.28. The average molecular weight is 393 g/mol. The van der Waals surface area contributed by atoms with E-state index >= 15 is 0 Å². The first-order valence-corrected chi connectivity index (χ1v) is 9.07. The second-order valence-electron chi connectivity index (χ2n) is 6.41. The number of carbonyl (C=O) groups is 2. The molecular formula is C20H19ClF2N2O2. The summed E-state index contributed by atoms with van der Waals surface area (Å²) < 4.78 is 26.7. The first-order valence-electron chi connectivity index (χ1n) is 8.69. The lowest BCUT2D eigenvalue weighted by Gasteiger charge is -2.36. The van der Waals surface area contributed by atoms with Gasteiger partial charge in [-0.2, -0.15) is 0 Å². The fraction of sp³-hybridized carbons (Fsp3) is 0.300. The van der Waals surface area contributed by atoms with Crippen LogP contribution in [0.1, 0.15) is 34.8 Å². The number of ketones is 1. The van der Waals surface area contributed by atoms with Crippen LogP contribution in [0.3, 0.4) is 0 Å². The Morgan fingerprint density at radius 2 is 1.96 bits per heavy atom. The molecule has 3 rings (SSSR count). The molecule has 0 aromatic heterocycles. The standard InChI is InChI=1S/C20H19ClF2N2O2/c21-14-3-1-2-13(10-14)18-12-24-8-9-25(18)20(27)7-6-19(26)16-5-4-15(22)11-17(16)23/h1-5,10-11,18,24H,6-9,12H2. The highest BCUT2D eigenvalue weighted by atomic mass is 35.5. The van der Waals surface area contributed by atoms with Gasteiger partial charge in [0.15, 0.2) is 5.78 Å². The van der Waals surface area contributed by atoms with E-state index in [0.717, 1.165) is 17.7 Å². The van der Waals surface area contributed by atoms with E-state index in [1.54, 1.807) is 11.0 Å². The van der Waals surface area contributed by atoms with Gasteiger partial charge in [0.1, 0.15) is 11.6 Å². The van der Waals surface area contributed by atoms with Crippen molar-refractivity contribution in [3.8, 4) is 0 Å². The van der Waals surface area contributed by atoms with Gasteiger partial charge in [0, 0.05) is 43.6 Å². The van der Waals surface area contributed by atoms with E-state index in [1.807, 2.05) is 18.2 Å². The van der Waals surface area contributed by atoms with E-state index in [9.17, 15) is 18.4 Å². The lowest BCUT2D eigenvalue weighted by Crippen LogP contribution is -2.48. The van der Waals surface area contributed by atoms with Crippen molar-refractivity contribution in [2.45, 2.75) is 18.9 Å². The average Bonchev–Trinajstić information content (AvgIpc) is 2.66. The number of hydrogen-bond acceptors (Lipinski definition) is 3. The van der Waals surface area contributed by atoms with Gasteiger partial charge in [0.25, 0.3) is 0 Å². The third-order valence-electron chi connectivity index (χ3n) is 4.59. The minimum atomic E-state index is -0.911. The number of piperazine rings is 1. The van der Waals surface area contributed by atoms with Crippen molar-refractivity contribution in [3.05, 3.63) is 70.2 Å². The minimum absolute atomic E-state index is 0.0350. The molecule has 0 aliphatic carbocycles. The zero-order valence-corrected chi connectivity index (χ0v) is 15.3. The van der Waals surface area contributed by atoms with Gasteiger partial charge < -0.3 is 10.2 Å². The summed E-state index contributed by atoms with van der Waals surface area (Å²) >= 11 is 6.06. The number of hydrogen-bond donors (Lipinski definition) is 1. The van der Waals surface area contributed by atoms with E-state index in [2.05, 4.69) is 5.32 Å². The molecule has 1 aliphatic heterocycles. The van der Waals surface area contributed by atoms with Crippen LogP contribution in [-0.2, 0) is 4.79 Å². The summed E-state index contributed by atoms with van der Waals surface area (Å²) in [5, 5.41) is 3.84. The number of amides is 1. The number of nitrogens with zero attached hydrogens (tertiary/aromatic N) is 1. The largest absolute Gasteiger partial charge is 0.333 e. The van der Waals surface area contributed by atoms with Crippen LogP contribution >= 0.6 is 11.6 Å². The molecule has 1 saturated heterocycles. The van der Waals surface area contributed by atoms with Crippen molar-refractivity contribution in [2.75, 3.05) is 19.6 Å². The van der Waals surface area contributed by atoms with Crippen LogP contribution in [0.2, 0.25) is 5.02 Å². The van der Waals surface area contributed by atoms with Crippen molar-refractivity contribution >= 4 is 23.3 Å². The molecule has 0 bridgehead atoms. The molecule has 1 heterocycles. The maximum Gasteiger partial charge on any atom is 0.223 e. The molecule has 1 unspecified atom stereocenters. The second kappa shape index (κ2) is 8.59. The molecule has 7 heteroatoms. The van der Waals surface area contributed by atoms with Gasteiger partial charge in [-0.1, -0.05) is 23.7 Å². The molecule has 0 spiro atoms. The van der Waals surface area contributed by atoms with Gasteiger partial charge in [-0.05, 0) is 29.8 Å². The predicted molar refractivity (Wildman–Crippen MR) is 98.7 cm³/mol. The van der Waals surface area contributed by atoms with Gasteiger partial charge in [0.2, 0.25) is 5.91 Å². The summed E-state index contributed by atoms with van der Waals surface area (Å²) in [6, 6.07) is 9.95. The van der Waals surface area contributed by atoms with Crippen molar-refractivity contribution in [2.24, 2.45) is 0 Å². The molecule has 142 valence electrons. The number of rotatable bonds is 5. The van der Waals surface area contributed by atoms with Crippen molar-refractivity contribution in [1.82, 2.24) is 10.2 Å². The summed E-state index contributed by atoms with van der Waals surface area (Å²) in [5.41, 5.74) is 0.717. The smallest absolute Gasteiger partial charge is 0.223 e. The second-order valence-corrected chi connectivity index (χ2v) is 6.85. The number of halogens is 3. The number of benzene rings is 2. The fourth-order valence-corrected chi connectivity index (χ4v) is 3.43. The van der Waals surface area contributed by atoms with Crippen LogP contribution in [0, 0.1) is 11.6 Å². The molecule has 1 N–H and O–H groups in total. The molecule has 0 saturated carbocycles. The SMILES string of the molecule is O=C(CCC(=O)N1CCNCC1c1cccc(Cl)c1)c1ccc(F)cc1F. The number of Topliss-reactive ketones (excluding diaryl/α,β-unsaturated/α-hetero) is 1. The van der Waals surface area contributed by atoms with E-state index in [4.69, 9.17) is 11.6 Å². The molecule has 2 aromatic carbocycles. The maximum absolute atomic E-state index is 13.7. The third kappa shape index (κ3) is 4.70. The molecule has 1 atom stereocenters. The highest BCUT2D eigenvalue weighted by molar-refractivity contribution is 6.30. The van der Waals surface area contributed by atoms with Gasteiger partial charge in [-0.3, -0.25) is 9.59 Å². The molecule has 27 heavy (non-hydrogen) atoms. The first kappa shape index (κ1) is 19.5. The van der Waals surface area contributed by atoms with Gasteiger partial charge in [-0.25, -0.2) is 8.78 Å². The molecular weight excluding hydrogens is 374 g/mol. The summed E-state index contributed by atoms with van der Waals surface area (Å²) in [6.45, 7) is 1.76. The molecule has 0 radical (unpaired) electrons. The summed E-state index contributed by atoms with van der Waals surface area (Å²) in [6.07, 6.45) is -0.166. The topological polar surface area (TPSA) is 49.4 Å². The zero-order chi connectivity index (χ0) is 19.4. The molecule has 1 fully saturated rings. The van der Waals surface area contributed by atoms with E-state index in [1.165, 1.54) is 0 Å². The number of carbonyl (C=O) groups excluding carboxylic acids is 2. The molecule has 1 aliphatic rings. The Morgan fingerprint density at radius 3 is 2.70 bits per heavy atom. The molecule has 4 nitrogen and oxygen atoms in total.